The molecule has 0 saturated carbocycles. The Balaban J connectivity index is 2.37. The van der Waals surface area contributed by atoms with E-state index >= 15 is 0 Å². The fraction of sp³-hybridized carbons (Fsp3) is 0.500. The van der Waals surface area contributed by atoms with E-state index in [1.54, 1.807) is 0 Å². The van der Waals surface area contributed by atoms with Crippen LogP contribution in [0.5, 0.6) is 0 Å². The first-order valence-corrected chi connectivity index (χ1v) is 6.46. The Bertz CT molecular complexity index is 498. The lowest BCUT2D eigenvalue weighted by Gasteiger charge is -2.34. The normalized spacial score (nSPS) is 19.5. The Morgan fingerprint density at radius 2 is 2.32 bits per heavy atom. The number of likely N-dealkylation sites (N-methyl/N-ethyl adjacent to an activating group) is 1. The third-order valence-electron chi connectivity index (χ3n) is 3.38. The summed E-state index contributed by atoms with van der Waals surface area (Å²) >= 11 is 5.74. The molecular weight excluding hydrogens is 273 g/mol. The van der Waals surface area contributed by atoms with Crippen LogP contribution in [0.1, 0.15) is 12.8 Å². The maximum absolute atomic E-state index is 13.4. The molecule has 2 rings (SSSR count). The largest absolute Gasteiger partial charge is 0.364 e. The molecule has 5 nitrogen and oxygen atoms in total. The summed E-state index contributed by atoms with van der Waals surface area (Å²) in [6.07, 6.45) is 1.95. The van der Waals surface area contributed by atoms with Gasteiger partial charge in [-0.15, -0.1) is 0 Å². The minimum Gasteiger partial charge on any atom is -0.364 e. The van der Waals surface area contributed by atoms with Gasteiger partial charge in [-0.3, -0.25) is 10.1 Å². The Morgan fingerprint density at radius 1 is 1.58 bits per heavy atom. The zero-order valence-electron chi connectivity index (χ0n) is 10.5. The van der Waals surface area contributed by atoms with Crippen molar-refractivity contribution in [2.24, 2.45) is 0 Å². The number of hydrogen-bond donors (Lipinski definition) is 1. The van der Waals surface area contributed by atoms with Crippen molar-refractivity contribution in [2.45, 2.75) is 18.9 Å². The second kappa shape index (κ2) is 5.71. The Morgan fingerprint density at radius 3 is 2.95 bits per heavy atom. The van der Waals surface area contributed by atoms with Gasteiger partial charge in [-0.25, -0.2) is 4.39 Å². The molecule has 0 radical (unpaired) electrons. The van der Waals surface area contributed by atoms with Gasteiger partial charge < -0.3 is 10.2 Å². The summed E-state index contributed by atoms with van der Waals surface area (Å²) < 4.78 is 13.4. The van der Waals surface area contributed by atoms with Crippen LogP contribution in [0, 0.1) is 15.9 Å². The number of nitro groups is 1. The van der Waals surface area contributed by atoms with Gasteiger partial charge in [0, 0.05) is 19.1 Å². The van der Waals surface area contributed by atoms with Gasteiger partial charge in [-0.2, -0.15) is 0 Å². The molecule has 104 valence electrons. The van der Waals surface area contributed by atoms with E-state index in [1.165, 1.54) is 6.07 Å². The van der Waals surface area contributed by atoms with E-state index in [-0.39, 0.29) is 16.8 Å². The predicted molar refractivity (Wildman–Crippen MR) is 72.4 cm³/mol. The molecule has 0 amide bonds. The lowest BCUT2D eigenvalue weighted by Crippen LogP contribution is -2.44. The molecule has 1 N–H and O–H groups in total. The number of nitrogens with zero attached hydrogens (tertiary/aromatic N) is 2. The number of hydrogen-bond acceptors (Lipinski definition) is 4. The first-order chi connectivity index (χ1) is 9.02. The number of piperidine rings is 1. The van der Waals surface area contributed by atoms with E-state index in [9.17, 15) is 14.5 Å². The molecular formula is C12H15ClFN3O2. The maximum Gasteiger partial charge on any atom is 0.295 e. The highest BCUT2D eigenvalue weighted by molar-refractivity contribution is 6.31. The van der Waals surface area contributed by atoms with E-state index in [0.29, 0.717) is 18.8 Å². The van der Waals surface area contributed by atoms with Crippen LogP contribution in [0.15, 0.2) is 12.1 Å². The highest BCUT2D eigenvalue weighted by Crippen LogP contribution is 2.34. The molecule has 1 fully saturated rings. The maximum atomic E-state index is 13.4. The molecule has 0 aliphatic carbocycles. The average molecular weight is 288 g/mol. The van der Waals surface area contributed by atoms with Crippen molar-refractivity contribution in [1.29, 1.82) is 0 Å². The molecule has 1 saturated heterocycles. The number of nitrogens with one attached hydrogen (secondary N) is 1. The van der Waals surface area contributed by atoms with Crippen LogP contribution in [-0.2, 0) is 0 Å². The lowest BCUT2D eigenvalue weighted by molar-refractivity contribution is -0.384. The second-order valence-electron chi connectivity index (χ2n) is 4.59. The van der Waals surface area contributed by atoms with Crippen LogP contribution in [0.2, 0.25) is 5.02 Å². The lowest BCUT2D eigenvalue weighted by atomic mass is 10.0. The quantitative estimate of drug-likeness (QED) is 0.686. The fourth-order valence-electron chi connectivity index (χ4n) is 2.36. The summed E-state index contributed by atoms with van der Waals surface area (Å²) in [5, 5.41) is 14.1. The predicted octanol–water partition coefficient (Wildman–Crippen LogP) is 2.58. The standard InChI is InChI=1S/C12H15ClFN3O2/c1-15-8-3-2-4-16(7-8)11-5-9(13)10(14)6-12(11)17(18)19/h5-6,8,15H,2-4,7H2,1H3. The summed E-state index contributed by atoms with van der Waals surface area (Å²) in [5.41, 5.74) is 0.148. The van der Waals surface area contributed by atoms with E-state index in [0.717, 1.165) is 18.9 Å². The SMILES string of the molecule is CNC1CCCN(c2cc(Cl)c(F)cc2[N+](=O)[O-])C1. The topological polar surface area (TPSA) is 58.4 Å². The minimum atomic E-state index is -0.765. The van der Waals surface area contributed by atoms with Gasteiger partial charge in [0.05, 0.1) is 16.0 Å². The van der Waals surface area contributed by atoms with Crippen LogP contribution < -0.4 is 10.2 Å². The summed E-state index contributed by atoms with van der Waals surface area (Å²) in [6.45, 7) is 1.36. The number of nitro benzene ring substituents is 1. The van der Waals surface area contributed by atoms with Crippen molar-refractivity contribution in [2.75, 3.05) is 25.0 Å². The minimum absolute atomic E-state index is 0.0906. The molecule has 0 bridgehead atoms. The smallest absolute Gasteiger partial charge is 0.295 e. The molecule has 1 atom stereocenters. The van der Waals surface area contributed by atoms with Crippen molar-refractivity contribution >= 4 is 23.0 Å². The Hall–Kier alpha value is -1.40. The Kier molecular flexibility index (Phi) is 4.21. The van der Waals surface area contributed by atoms with Gasteiger partial charge in [0.25, 0.3) is 5.69 Å². The molecule has 1 aromatic rings. The van der Waals surface area contributed by atoms with Crippen LogP contribution in [0.4, 0.5) is 15.8 Å². The molecule has 7 heteroatoms. The van der Waals surface area contributed by atoms with Crippen molar-refractivity contribution in [1.82, 2.24) is 5.32 Å². The van der Waals surface area contributed by atoms with Crippen LogP contribution >= 0.6 is 11.6 Å². The summed E-state index contributed by atoms with van der Waals surface area (Å²) in [5.74, 6) is -0.765. The highest BCUT2D eigenvalue weighted by atomic mass is 35.5. The van der Waals surface area contributed by atoms with Gasteiger partial charge in [-0.05, 0) is 26.0 Å². The second-order valence-corrected chi connectivity index (χ2v) is 4.99. The van der Waals surface area contributed by atoms with E-state index in [2.05, 4.69) is 5.32 Å². The van der Waals surface area contributed by atoms with Crippen molar-refractivity contribution in [3.05, 3.63) is 33.1 Å². The van der Waals surface area contributed by atoms with Gasteiger partial charge in [0.2, 0.25) is 0 Å². The van der Waals surface area contributed by atoms with Crippen LogP contribution in [-0.4, -0.2) is 31.1 Å². The molecule has 0 aromatic heterocycles. The van der Waals surface area contributed by atoms with Gasteiger partial charge in [0.15, 0.2) is 0 Å². The molecule has 1 unspecified atom stereocenters. The summed E-state index contributed by atoms with van der Waals surface area (Å²) in [7, 11) is 1.86. The zero-order valence-corrected chi connectivity index (χ0v) is 11.3. The van der Waals surface area contributed by atoms with E-state index in [4.69, 9.17) is 11.6 Å². The highest BCUT2D eigenvalue weighted by Gasteiger charge is 2.26. The number of anilines is 1. The van der Waals surface area contributed by atoms with Gasteiger partial charge >= 0.3 is 0 Å². The first-order valence-electron chi connectivity index (χ1n) is 6.08. The third-order valence-corrected chi connectivity index (χ3v) is 3.67. The molecule has 1 heterocycles. The number of rotatable bonds is 3. The third kappa shape index (κ3) is 2.96. The molecule has 1 aliphatic heterocycles. The summed E-state index contributed by atoms with van der Waals surface area (Å²) in [6, 6.07) is 2.51. The summed E-state index contributed by atoms with van der Waals surface area (Å²) in [4.78, 5) is 12.3. The van der Waals surface area contributed by atoms with Crippen LogP contribution in [0.25, 0.3) is 0 Å². The first kappa shape index (κ1) is 14.0. The number of halogens is 2. The number of benzene rings is 1. The van der Waals surface area contributed by atoms with Gasteiger partial charge in [-0.1, -0.05) is 11.6 Å². The van der Waals surface area contributed by atoms with Crippen LogP contribution in [0.3, 0.4) is 0 Å². The van der Waals surface area contributed by atoms with Crippen molar-refractivity contribution in [3.8, 4) is 0 Å². The monoisotopic (exact) mass is 287 g/mol. The molecule has 1 aliphatic rings. The van der Waals surface area contributed by atoms with E-state index < -0.39 is 10.7 Å². The van der Waals surface area contributed by atoms with Crippen molar-refractivity contribution < 1.29 is 9.31 Å². The fourth-order valence-corrected chi connectivity index (χ4v) is 2.51. The molecule has 1 aromatic carbocycles. The van der Waals surface area contributed by atoms with E-state index in [1.807, 2.05) is 11.9 Å². The van der Waals surface area contributed by atoms with Crippen molar-refractivity contribution in [3.63, 3.8) is 0 Å². The Labute approximate surface area is 115 Å². The molecule has 19 heavy (non-hydrogen) atoms. The van der Waals surface area contributed by atoms with Gasteiger partial charge in [0.1, 0.15) is 11.5 Å². The molecule has 0 spiro atoms. The average Bonchev–Trinajstić information content (AvgIpc) is 2.41. The zero-order chi connectivity index (χ0) is 14.0.